The first-order chi connectivity index (χ1) is 8.79. The highest BCUT2D eigenvalue weighted by atomic mass is 16.3. The molecule has 0 aromatic carbocycles. The van der Waals surface area contributed by atoms with E-state index in [2.05, 4.69) is 6.07 Å². The van der Waals surface area contributed by atoms with Gasteiger partial charge in [0.25, 0.3) is 0 Å². The van der Waals surface area contributed by atoms with E-state index in [-0.39, 0.29) is 0 Å². The molecule has 1 atom stereocenters. The quantitative estimate of drug-likeness (QED) is 0.884. The molecule has 4 bridgehead atoms. The highest BCUT2D eigenvalue weighted by Crippen LogP contribution is 2.64. The van der Waals surface area contributed by atoms with Crippen LogP contribution in [0.15, 0.2) is 22.8 Å². The largest absolute Gasteiger partial charge is 0.469 e. The third kappa shape index (κ3) is 1.51. The maximum absolute atomic E-state index is 6.13. The van der Waals surface area contributed by atoms with Crippen LogP contribution >= 0.6 is 0 Å². The Balaban J connectivity index is 1.70. The second-order valence-corrected chi connectivity index (χ2v) is 7.08. The molecule has 2 nitrogen and oxygen atoms in total. The van der Waals surface area contributed by atoms with Gasteiger partial charge >= 0.3 is 0 Å². The number of rotatable bonds is 3. The zero-order chi connectivity index (χ0) is 12.2. The van der Waals surface area contributed by atoms with E-state index in [1.54, 1.807) is 6.26 Å². The second kappa shape index (κ2) is 3.86. The molecule has 0 spiro atoms. The molecule has 0 saturated heterocycles. The Bertz CT molecular complexity index is 387. The summed E-state index contributed by atoms with van der Waals surface area (Å²) in [4.78, 5) is 0. The molecule has 2 N–H and O–H groups in total. The van der Waals surface area contributed by atoms with Crippen molar-refractivity contribution >= 4 is 0 Å². The molecule has 0 amide bonds. The van der Waals surface area contributed by atoms with E-state index in [4.69, 9.17) is 10.2 Å². The minimum absolute atomic E-state index is 0.459. The van der Waals surface area contributed by atoms with Gasteiger partial charge in [-0.2, -0.15) is 0 Å². The molecule has 0 radical (unpaired) electrons. The Morgan fingerprint density at radius 2 is 1.78 bits per heavy atom. The lowest BCUT2D eigenvalue weighted by molar-refractivity contribution is -0.0702. The molecular formula is C16H23NO. The first-order valence-electron chi connectivity index (χ1n) is 7.52. The summed E-state index contributed by atoms with van der Waals surface area (Å²) >= 11 is 0. The average molecular weight is 245 g/mol. The van der Waals surface area contributed by atoms with Crippen molar-refractivity contribution in [2.75, 3.05) is 6.54 Å². The van der Waals surface area contributed by atoms with Crippen LogP contribution in [0.1, 0.15) is 50.2 Å². The van der Waals surface area contributed by atoms with Crippen molar-refractivity contribution in [1.82, 2.24) is 0 Å². The molecule has 1 unspecified atom stereocenters. The molecule has 1 aromatic rings. The summed E-state index contributed by atoms with van der Waals surface area (Å²) in [6.07, 6.45) is 10.5. The van der Waals surface area contributed by atoms with Crippen LogP contribution in [0.4, 0.5) is 0 Å². The summed E-state index contributed by atoms with van der Waals surface area (Å²) in [7, 11) is 0. The highest BCUT2D eigenvalue weighted by molar-refractivity contribution is 5.16. The third-order valence-corrected chi connectivity index (χ3v) is 5.95. The molecule has 1 heterocycles. The molecule has 4 saturated carbocycles. The third-order valence-electron chi connectivity index (χ3n) is 5.95. The van der Waals surface area contributed by atoms with E-state index < -0.39 is 0 Å². The SMILES string of the molecule is NCC(c1ccco1)C12CC3CC(CC(C3)C1)C2. The fraction of sp³-hybridized carbons (Fsp3) is 0.750. The molecule has 4 fully saturated rings. The van der Waals surface area contributed by atoms with Crippen LogP contribution in [0.3, 0.4) is 0 Å². The Morgan fingerprint density at radius 1 is 1.17 bits per heavy atom. The number of hydrogen-bond donors (Lipinski definition) is 1. The summed E-state index contributed by atoms with van der Waals surface area (Å²) in [5.74, 6) is 4.56. The normalized spacial score (nSPS) is 43.3. The van der Waals surface area contributed by atoms with Crippen LogP contribution in [-0.4, -0.2) is 6.54 Å². The first kappa shape index (κ1) is 11.1. The lowest BCUT2D eigenvalue weighted by atomic mass is 9.46. The molecule has 2 heteroatoms. The van der Waals surface area contributed by atoms with Gasteiger partial charge in [0.2, 0.25) is 0 Å². The van der Waals surface area contributed by atoms with E-state index >= 15 is 0 Å². The molecule has 18 heavy (non-hydrogen) atoms. The van der Waals surface area contributed by atoms with Gasteiger partial charge in [-0.15, -0.1) is 0 Å². The van der Waals surface area contributed by atoms with Crippen LogP contribution in [0.5, 0.6) is 0 Å². The predicted molar refractivity (Wildman–Crippen MR) is 71.1 cm³/mol. The van der Waals surface area contributed by atoms with Crippen molar-refractivity contribution in [2.45, 2.75) is 44.4 Å². The van der Waals surface area contributed by atoms with Gasteiger partial charge in [0, 0.05) is 12.5 Å². The summed E-state index contributed by atoms with van der Waals surface area (Å²) in [5, 5.41) is 0. The zero-order valence-electron chi connectivity index (χ0n) is 11.0. The van der Waals surface area contributed by atoms with Crippen LogP contribution < -0.4 is 5.73 Å². The summed E-state index contributed by atoms with van der Waals surface area (Å²) in [6, 6.07) is 4.15. The maximum Gasteiger partial charge on any atom is 0.108 e. The van der Waals surface area contributed by atoms with E-state index in [0.29, 0.717) is 11.3 Å². The maximum atomic E-state index is 6.13. The van der Waals surface area contributed by atoms with Crippen molar-refractivity contribution in [3.63, 3.8) is 0 Å². The van der Waals surface area contributed by atoms with Crippen molar-refractivity contribution in [1.29, 1.82) is 0 Å². The van der Waals surface area contributed by atoms with Crippen molar-refractivity contribution < 1.29 is 4.42 Å². The van der Waals surface area contributed by atoms with Gasteiger partial charge in [-0.1, -0.05) is 0 Å². The smallest absolute Gasteiger partial charge is 0.108 e. The second-order valence-electron chi connectivity index (χ2n) is 7.08. The Kier molecular flexibility index (Phi) is 2.38. The standard InChI is InChI=1S/C16H23NO/c17-10-14(15-2-1-3-18-15)16-7-11-4-12(8-16)6-13(5-11)9-16/h1-3,11-14H,4-10,17H2. The number of hydrogen-bond acceptors (Lipinski definition) is 2. The molecule has 1 aromatic heterocycles. The predicted octanol–water partition coefficient (Wildman–Crippen LogP) is 3.54. The molecule has 5 rings (SSSR count). The molecule has 4 aliphatic rings. The first-order valence-corrected chi connectivity index (χ1v) is 7.52. The van der Waals surface area contributed by atoms with E-state index in [1.165, 1.54) is 38.5 Å². The van der Waals surface area contributed by atoms with E-state index in [0.717, 1.165) is 30.1 Å². The topological polar surface area (TPSA) is 39.2 Å². The van der Waals surface area contributed by atoms with E-state index in [9.17, 15) is 0 Å². The monoisotopic (exact) mass is 245 g/mol. The van der Waals surface area contributed by atoms with Crippen molar-refractivity contribution in [3.8, 4) is 0 Å². The highest BCUT2D eigenvalue weighted by Gasteiger charge is 2.54. The summed E-state index contributed by atoms with van der Waals surface area (Å²) in [5.41, 5.74) is 6.60. The van der Waals surface area contributed by atoms with Gasteiger partial charge in [-0.3, -0.25) is 0 Å². The van der Waals surface area contributed by atoms with Crippen molar-refractivity contribution in [3.05, 3.63) is 24.2 Å². The van der Waals surface area contributed by atoms with Crippen LogP contribution in [0.25, 0.3) is 0 Å². The molecule has 0 aliphatic heterocycles. The Labute approximate surface area is 109 Å². The van der Waals surface area contributed by atoms with Gasteiger partial charge in [0.05, 0.1) is 6.26 Å². The molecular weight excluding hydrogens is 222 g/mol. The minimum Gasteiger partial charge on any atom is -0.469 e. The summed E-state index contributed by atoms with van der Waals surface area (Å²) < 4.78 is 5.70. The zero-order valence-corrected chi connectivity index (χ0v) is 11.0. The van der Waals surface area contributed by atoms with Crippen LogP contribution in [0.2, 0.25) is 0 Å². The number of furan rings is 1. The van der Waals surface area contributed by atoms with Crippen LogP contribution in [0, 0.1) is 23.2 Å². The van der Waals surface area contributed by atoms with E-state index in [1.807, 2.05) is 6.07 Å². The Hall–Kier alpha value is -0.760. The van der Waals surface area contributed by atoms with Gasteiger partial charge in [-0.05, 0) is 73.8 Å². The number of nitrogens with two attached hydrogens (primary N) is 1. The fourth-order valence-corrected chi connectivity index (χ4v) is 5.76. The molecule has 98 valence electrons. The van der Waals surface area contributed by atoms with Gasteiger partial charge in [-0.25, -0.2) is 0 Å². The minimum atomic E-state index is 0.459. The fourth-order valence-electron chi connectivity index (χ4n) is 5.76. The lowest BCUT2D eigenvalue weighted by Gasteiger charge is -2.59. The Morgan fingerprint density at radius 3 is 2.22 bits per heavy atom. The summed E-state index contributed by atoms with van der Waals surface area (Å²) in [6.45, 7) is 0.750. The van der Waals surface area contributed by atoms with Gasteiger partial charge < -0.3 is 10.2 Å². The van der Waals surface area contributed by atoms with Crippen molar-refractivity contribution in [2.24, 2.45) is 28.9 Å². The lowest BCUT2D eigenvalue weighted by Crippen LogP contribution is -2.50. The van der Waals surface area contributed by atoms with Gasteiger partial charge in [0.1, 0.15) is 5.76 Å². The van der Waals surface area contributed by atoms with Crippen LogP contribution in [-0.2, 0) is 0 Å². The van der Waals surface area contributed by atoms with Gasteiger partial charge in [0.15, 0.2) is 0 Å². The molecule has 4 aliphatic carbocycles. The average Bonchev–Trinajstić information content (AvgIpc) is 2.81.